The average molecular weight is 395 g/mol. The fourth-order valence-corrected chi connectivity index (χ4v) is 2.84. The first-order chi connectivity index (χ1) is 13.4. The lowest BCUT2D eigenvalue weighted by molar-refractivity contribution is -0.274. The molecule has 2 N–H and O–H groups in total. The molecule has 10 heteroatoms. The van der Waals surface area contributed by atoms with Gasteiger partial charge in [-0.3, -0.25) is 4.79 Å². The van der Waals surface area contributed by atoms with Crippen LogP contribution in [0.15, 0.2) is 36.7 Å². The summed E-state index contributed by atoms with van der Waals surface area (Å²) in [5, 5.41) is 5.80. The van der Waals surface area contributed by atoms with E-state index in [4.69, 9.17) is 0 Å². The van der Waals surface area contributed by atoms with Gasteiger partial charge in [0.1, 0.15) is 23.7 Å². The molecule has 3 rings (SSSR count). The van der Waals surface area contributed by atoms with E-state index >= 15 is 0 Å². The Morgan fingerprint density at radius 2 is 1.82 bits per heavy atom. The number of alkyl halides is 3. The lowest BCUT2D eigenvalue weighted by Gasteiger charge is -2.16. The van der Waals surface area contributed by atoms with Crippen molar-refractivity contribution in [1.29, 1.82) is 0 Å². The van der Waals surface area contributed by atoms with Crippen molar-refractivity contribution in [1.82, 2.24) is 15.3 Å². The van der Waals surface area contributed by atoms with Crippen LogP contribution in [-0.4, -0.2) is 48.4 Å². The summed E-state index contributed by atoms with van der Waals surface area (Å²) in [5.74, 6) is 0.782. The molecule has 0 unspecified atom stereocenters. The number of nitrogens with zero attached hydrogens (tertiary/aromatic N) is 3. The van der Waals surface area contributed by atoms with Gasteiger partial charge < -0.3 is 20.3 Å². The van der Waals surface area contributed by atoms with Crippen molar-refractivity contribution in [3.8, 4) is 5.75 Å². The molecule has 7 nitrogen and oxygen atoms in total. The second-order valence-corrected chi connectivity index (χ2v) is 6.21. The third kappa shape index (κ3) is 5.73. The lowest BCUT2D eigenvalue weighted by atomic mass is 10.2. The molecule has 150 valence electrons. The van der Waals surface area contributed by atoms with Crippen LogP contribution >= 0.6 is 0 Å². The van der Waals surface area contributed by atoms with Crippen molar-refractivity contribution in [3.63, 3.8) is 0 Å². The molecule has 1 aliphatic rings. The van der Waals surface area contributed by atoms with E-state index in [0.717, 1.165) is 43.9 Å². The van der Waals surface area contributed by atoms with Gasteiger partial charge in [-0.2, -0.15) is 0 Å². The number of aromatic nitrogens is 2. The maximum Gasteiger partial charge on any atom is 0.573 e. The fraction of sp³-hybridized carbons (Fsp3) is 0.389. The van der Waals surface area contributed by atoms with Crippen LogP contribution in [0.1, 0.15) is 23.2 Å². The molecule has 1 amide bonds. The van der Waals surface area contributed by atoms with Gasteiger partial charge in [0.15, 0.2) is 0 Å². The molecular weight excluding hydrogens is 375 g/mol. The van der Waals surface area contributed by atoms with Crippen molar-refractivity contribution in [2.45, 2.75) is 19.2 Å². The van der Waals surface area contributed by atoms with Crippen LogP contribution in [0.5, 0.6) is 5.75 Å². The van der Waals surface area contributed by atoms with E-state index in [2.05, 4.69) is 30.2 Å². The maximum absolute atomic E-state index is 12.1. The minimum Gasteiger partial charge on any atom is -0.406 e. The van der Waals surface area contributed by atoms with Crippen molar-refractivity contribution in [2.75, 3.05) is 36.4 Å². The van der Waals surface area contributed by atoms with Crippen LogP contribution in [0.3, 0.4) is 0 Å². The summed E-state index contributed by atoms with van der Waals surface area (Å²) < 4.78 is 40.2. The van der Waals surface area contributed by atoms with Gasteiger partial charge in [0.2, 0.25) is 0 Å². The minimum absolute atomic E-state index is 0.243. The summed E-state index contributed by atoms with van der Waals surface area (Å²) in [7, 11) is 0. The van der Waals surface area contributed by atoms with E-state index in [1.807, 2.05) is 6.07 Å². The van der Waals surface area contributed by atoms with Crippen molar-refractivity contribution >= 4 is 17.5 Å². The molecule has 1 aromatic heterocycles. The average Bonchev–Trinajstić information content (AvgIpc) is 3.19. The number of carbonyl (C=O) groups is 1. The highest BCUT2D eigenvalue weighted by Gasteiger charge is 2.31. The number of hydrogen-bond acceptors (Lipinski definition) is 6. The van der Waals surface area contributed by atoms with Gasteiger partial charge in [-0.25, -0.2) is 9.97 Å². The highest BCUT2D eigenvalue weighted by molar-refractivity contribution is 5.94. The zero-order valence-corrected chi connectivity index (χ0v) is 15.0. The molecular formula is C18H20F3N5O2. The van der Waals surface area contributed by atoms with Crippen molar-refractivity contribution in [2.24, 2.45) is 0 Å². The molecule has 1 saturated heterocycles. The van der Waals surface area contributed by atoms with Gasteiger partial charge >= 0.3 is 6.36 Å². The van der Waals surface area contributed by atoms with Crippen molar-refractivity contribution < 1.29 is 22.7 Å². The molecule has 0 aliphatic carbocycles. The molecule has 0 radical (unpaired) electrons. The molecule has 2 aromatic rings. The summed E-state index contributed by atoms with van der Waals surface area (Å²) in [6, 6.07) is 6.61. The fourth-order valence-electron chi connectivity index (χ4n) is 2.84. The Morgan fingerprint density at radius 3 is 2.50 bits per heavy atom. The zero-order chi connectivity index (χ0) is 20.0. The highest BCUT2D eigenvalue weighted by Crippen LogP contribution is 2.22. The Hall–Kier alpha value is -3.04. The number of anilines is 2. The molecule has 1 fully saturated rings. The SMILES string of the molecule is O=C(NCCNc1cc(N2CCCC2)ncn1)c1ccc(OC(F)(F)F)cc1. The van der Waals surface area contributed by atoms with Gasteiger partial charge in [-0.05, 0) is 37.1 Å². The third-order valence-corrected chi connectivity index (χ3v) is 4.15. The summed E-state index contributed by atoms with van der Waals surface area (Å²) in [4.78, 5) is 22.7. The molecule has 0 saturated carbocycles. The van der Waals surface area contributed by atoms with Gasteiger partial charge in [0.05, 0.1) is 0 Å². The van der Waals surface area contributed by atoms with Gasteiger partial charge in [-0.1, -0.05) is 0 Å². The summed E-state index contributed by atoms with van der Waals surface area (Å²) in [6.45, 7) is 2.73. The Morgan fingerprint density at radius 1 is 1.11 bits per heavy atom. The summed E-state index contributed by atoms with van der Waals surface area (Å²) in [6.07, 6.45) is -0.950. The standard InChI is InChI=1S/C18H20F3N5O2/c19-18(20,21)28-14-5-3-13(4-6-14)17(27)23-8-7-22-15-11-16(25-12-24-15)26-9-1-2-10-26/h3-6,11-12H,1-2,7-10H2,(H,23,27)(H,22,24,25). The van der Waals surface area contributed by atoms with E-state index in [-0.39, 0.29) is 17.2 Å². The van der Waals surface area contributed by atoms with Crippen LogP contribution in [0, 0.1) is 0 Å². The zero-order valence-electron chi connectivity index (χ0n) is 15.0. The van der Waals surface area contributed by atoms with E-state index in [0.29, 0.717) is 18.9 Å². The number of ether oxygens (including phenoxy) is 1. The number of rotatable bonds is 7. The number of halogens is 3. The van der Waals surface area contributed by atoms with Crippen LogP contribution in [0.2, 0.25) is 0 Å². The summed E-state index contributed by atoms with van der Waals surface area (Å²) in [5.41, 5.74) is 0.243. The van der Waals surface area contributed by atoms with Crippen LogP contribution in [-0.2, 0) is 0 Å². The topological polar surface area (TPSA) is 79.4 Å². The maximum atomic E-state index is 12.1. The van der Waals surface area contributed by atoms with Gasteiger partial charge in [0.25, 0.3) is 5.91 Å². The normalized spacial score (nSPS) is 14.0. The molecule has 0 spiro atoms. The van der Waals surface area contributed by atoms with E-state index in [9.17, 15) is 18.0 Å². The number of benzene rings is 1. The predicted molar refractivity (Wildman–Crippen MR) is 97.4 cm³/mol. The number of amides is 1. The first kappa shape index (κ1) is 19.7. The second-order valence-electron chi connectivity index (χ2n) is 6.21. The number of nitrogens with one attached hydrogen (secondary N) is 2. The third-order valence-electron chi connectivity index (χ3n) is 4.15. The molecule has 28 heavy (non-hydrogen) atoms. The first-order valence-corrected chi connectivity index (χ1v) is 8.85. The quantitative estimate of drug-likeness (QED) is 0.702. The molecule has 0 bridgehead atoms. The smallest absolute Gasteiger partial charge is 0.406 e. The Balaban J connectivity index is 1.43. The van der Waals surface area contributed by atoms with E-state index in [1.54, 1.807) is 0 Å². The first-order valence-electron chi connectivity index (χ1n) is 8.85. The highest BCUT2D eigenvalue weighted by atomic mass is 19.4. The second kappa shape index (κ2) is 8.77. The van der Waals surface area contributed by atoms with Crippen LogP contribution in [0.4, 0.5) is 24.8 Å². The number of carbonyl (C=O) groups excluding carboxylic acids is 1. The van der Waals surface area contributed by atoms with E-state index in [1.165, 1.54) is 18.5 Å². The molecule has 0 atom stereocenters. The van der Waals surface area contributed by atoms with E-state index < -0.39 is 6.36 Å². The largest absolute Gasteiger partial charge is 0.573 e. The lowest BCUT2D eigenvalue weighted by Crippen LogP contribution is -2.29. The number of hydrogen-bond donors (Lipinski definition) is 2. The van der Waals surface area contributed by atoms with Gasteiger partial charge in [0, 0.05) is 37.8 Å². The monoisotopic (exact) mass is 395 g/mol. The Bertz CT molecular complexity index is 793. The van der Waals surface area contributed by atoms with Crippen molar-refractivity contribution in [3.05, 3.63) is 42.2 Å². The molecule has 1 aromatic carbocycles. The van der Waals surface area contributed by atoms with Crippen LogP contribution < -0.4 is 20.3 Å². The predicted octanol–water partition coefficient (Wildman–Crippen LogP) is 2.82. The summed E-state index contributed by atoms with van der Waals surface area (Å²) >= 11 is 0. The van der Waals surface area contributed by atoms with Crippen LogP contribution in [0.25, 0.3) is 0 Å². The Labute approximate surface area is 159 Å². The van der Waals surface area contributed by atoms with Gasteiger partial charge in [-0.15, -0.1) is 13.2 Å². The molecule has 1 aliphatic heterocycles. The molecule has 2 heterocycles. The Kier molecular flexibility index (Phi) is 6.17. The minimum atomic E-state index is -4.76.